The van der Waals surface area contributed by atoms with E-state index in [0.717, 1.165) is 25.0 Å². The Bertz CT molecular complexity index is 194. The van der Waals surface area contributed by atoms with Crippen molar-refractivity contribution in [2.45, 2.75) is 43.9 Å². The van der Waals surface area contributed by atoms with E-state index in [1.807, 2.05) is 0 Å². The minimum atomic E-state index is 0.434. The van der Waals surface area contributed by atoms with Crippen molar-refractivity contribution < 1.29 is 4.74 Å². The smallest absolute Gasteiger partial charge is 0.0469 e. The summed E-state index contributed by atoms with van der Waals surface area (Å²) in [6.45, 7) is 4.26. The van der Waals surface area contributed by atoms with Gasteiger partial charge in [0.2, 0.25) is 0 Å². The molecule has 94 valence electrons. The fraction of sp³-hybridized carbons (Fsp3) is 1.00. The van der Waals surface area contributed by atoms with Crippen molar-refractivity contribution in [3.63, 3.8) is 0 Å². The predicted molar refractivity (Wildman–Crippen MR) is 68.0 cm³/mol. The van der Waals surface area contributed by atoms with E-state index < -0.39 is 0 Å². The lowest BCUT2D eigenvalue weighted by Gasteiger charge is -2.27. The zero-order chi connectivity index (χ0) is 11.2. The largest absolute Gasteiger partial charge is 0.381 e. The summed E-state index contributed by atoms with van der Waals surface area (Å²) in [4.78, 5) is 0. The van der Waals surface area contributed by atoms with Gasteiger partial charge in [-0.25, -0.2) is 0 Å². The lowest BCUT2D eigenvalue weighted by atomic mass is 9.88. The van der Waals surface area contributed by atoms with E-state index in [9.17, 15) is 0 Å². The van der Waals surface area contributed by atoms with Gasteiger partial charge in [-0.15, -0.1) is 11.6 Å². The molecule has 0 bridgehead atoms. The summed E-state index contributed by atoms with van der Waals surface area (Å²) in [5.74, 6) is 1.65. The summed E-state index contributed by atoms with van der Waals surface area (Å²) >= 11 is 6.19. The Morgan fingerprint density at radius 2 is 1.75 bits per heavy atom. The fourth-order valence-electron chi connectivity index (χ4n) is 2.85. The third-order valence-electron chi connectivity index (χ3n) is 3.93. The van der Waals surface area contributed by atoms with Crippen molar-refractivity contribution in [2.24, 2.45) is 11.8 Å². The summed E-state index contributed by atoms with van der Waals surface area (Å²) in [5.41, 5.74) is 0. The number of hydrogen-bond acceptors (Lipinski definition) is 2. The highest BCUT2D eigenvalue weighted by Gasteiger charge is 2.20. The predicted octanol–water partition coefficient (Wildman–Crippen LogP) is 2.80. The molecule has 0 aromatic carbocycles. The SMILES string of the molecule is ClC1CCCC(CNCC2CCOCC2)C1. The maximum absolute atomic E-state index is 6.19. The maximum atomic E-state index is 6.19. The van der Waals surface area contributed by atoms with Gasteiger partial charge in [0.1, 0.15) is 0 Å². The van der Waals surface area contributed by atoms with Crippen molar-refractivity contribution >= 4 is 11.6 Å². The number of hydrogen-bond donors (Lipinski definition) is 1. The summed E-state index contributed by atoms with van der Waals surface area (Å²) < 4.78 is 5.36. The first-order valence-electron chi connectivity index (χ1n) is 6.77. The highest BCUT2D eigenvalue weighted by Crippen LogP contribution is 2.27. The number of halogens is 1. The first-order chi connectivity index (χ1) is 7.84. The third kappa shape index (κ3) is 4.23. The van der Waals surface area contributed by atoms with E-state index in [-0.39, 0.29) is 0 Å². The average molecular weight is 246 g/mol. The number of nitrogens with one attached hydrogen (secondary N) is 1. The first kappa shape index (κ1) is 12.7. The van der Waals surface area contributed by atoms with Crippen LogP contribution in [0.15, 0.2) is 0 Å². The van der Waals surface area contributed by atoms with Gasteiger partial charge in [0, 0.05) is 18.6 Å². The molecule has 16 heavy (non-hydrogen) atoms. The highest BCUT2D eigenvalue weighted by molar-refractivity contribution is 6.20. The Kier molecular flexibility index (Phi) is 5.40. The monoisotopic (exact) mass is 245 g/mol. The van der Waals surface area contributed by atoms with Gasteiger partial charge >= 0.3 is 0 Å². The molecule has 2 rings (SSSR count). The summed E-state index contributed by atoms with van der Waals surface area (Å²) in [6, 6.07) is 0. The molecular formula is C13H24ClNO. The standard InChI is InChI=1S/C13H24ClNO/c14-13-3-1-2-12(8-13)10-15-9-11-4-6-16-7-5-11/h11-13,15H,1-10H2. The summed E-state index contributed by atoms with van der Waals surface area (Å²) in [7, 11) is 0. The van der Waals surface area contributed by atoms with E-state index in [1.165, 1.54) is 51.6 Å². The lowest BCUT2D eigenvalue weighted by molar-refractivity contribution is 0.0659. The van der Waals surface area contributed by atoms with Crippen LogP contribution < -0.4 is 5.32 Å². The minimum Gasteiger partial charge on any atom is -0.381 e. The molecule has 1 heterocycles. The third-order valence-corrected chi connectivity index (χ3v) is 4.32. The van der Waals surface area contributed by atoms with Crippen LogP contribution in [0.1, 0.15) is 38.5 Å². The van der Waals surface area contributed by atoms with Gasteiger partial charge in [-0.3, -0.25) is 0 Å². The molecule has 2 fully saturated rings. The lowest BCUT2D eigenvalue weighted by Crippen LogP contribution is -2.33. The van der Waals surface area contributed by atoms with Crippen LogP contribution in [0.4, 0.5) is 0 Å². The Morgan fingerprint density at radius 1 is 1.00 bits per heavy atom. The molecular weight excluding hydrogens is 222 g/mol. The van der Waals surface area contributed by atoms with Crippen LogP contribution in [0.25, 0.3) is 0 Å². The van der Waals surface area contributed by atoms with Gasteiger partial charge < -0.3 is 10.1 Å². The number of alkyl halides is 1. The van der Waals surface area contributed by atoms with Crippen LogP contribution in [0.5, 0.6) is 0 Å². The molecule has 3 heteroatoms. The van der Waals surface area contributed by atoms with Gasteiger partial charge in [0.15, 0.2) is 0 Å². The van der Waals surface area contributed by atoms with E-state index in [0.29, 0.717) is 5.38 Å². The topological polar surface area (TPSA) is 21.3 Å². The van der Waals surface area contributed by atoms with Gasteiger partial charge in [-0.2, -0.15) is 0 Å². The van der Waals surface area contributed by atoms with Gasteiger partial charge in [-0.1, -0.05) is 6.42 Å². The Morgan fingerprint density at radius 3 is 2.50 bits per heavy atom. The van der Waals surface area contributed by atoms with Crippen LogP contribution in [0, 0.1) is 11.8 Å². The van der Waals surface area contributed by atoms with Crippen molar-refractivity contribution in [1.82, 2.24) is 5.32 Å². The van der Waals surface area contributed by atoms with E-state index in [2.05, 4.69) is 5.32 Å². The zero-order valence-electron chi connectivity index (χ0n) is 10.1. The molecule has 2 atom stereocenters. The molecule has 0 radical (unpaired) electrons. The first-order valence-corrected chi connectivity index (χ1v) is 7.21. The molecule has 2 aliphatic rings. The van der Waals surface area contributed by atoms with Crippen LogP contribution in [-0.4, -0.2) is 31.7 Å². The zero-order valence-corrected chi connectivity index (χ0v) is 10.8. The van der Waals surface area contributed by atoms with Gasteiger partial charge in [0.25, 0.3) is 0 Å². The summed E-state index contributed by atoms with van der Waals surface area (Å²) in [5, 5.41) is 4.07. The van der Waals surface area contributed by atoms with Crippen LogP contribution in [-0.2, 0) is 4.74 Å². The van der Waals surface area contributed by atoms with Crippen molar-refractivity contribution in [3.8, 4) is 0 Å². The summed E-state index contributed by atoms with van der Waals surface area (Å²) in [6.07, 6.45) is 7.58. The normalized spacial score (nSPS) is 32.8. The molecule has 0 aromatic rings. The Hall–Kier alpha value is 0.210. The molecule has 0 amide bonds. The molecule has 2 nitrogen and oxygen atoms in total. The quantitative estimate of drug-likeness (QED) is 0.770. The van der Waals surface area contributed by atoms with Crippen LogP contribution in [0.2, 0.25) is 0 Å². The molecule has 1 saturated heterocycles. The van der Waals surface area contributed by atoms with Crippen LogP contribution >= 0.6 is 11.6 Å². The van der Waals surface area contributed by atoms with Gasteiger partial charge in [0.05, 0.1) is 0 Å². The number of rotatable bonds is 4. The fourth-order valence-corrected chi connectivity index (χ4v) is 3.26. The molecule has 1 saturated carbocycles. The second kappa shape index (κ2) is 6.83. The second-order valence-corrected chi connectivity index (χ2v) is 5.96. The van der Waals surface area contributed by atoms with E-state index >= 15 is 0 Å². The van der Waals surface area contributed by atoms with Crippen LogP contribution in [0.3, 0.4) is 0 Å². The Balaban J connectivity index is 1.56. The molecule has 2 unspecified atom stereocenters. The van der Waals surface area contributed by atoms with Crippen molar-refractivity contribution in [3.05, 3.63) is 0 Å². The molecule has 0 spiro atoms. The van der Waals surface area contributed by atoms with Crippen molar-refractivity contribution in [2.75, 3.05) is 26.3 Å². The van der Waals surface area contributed by atoms with E-state index in [4.69, 9.17) is 16.3 Å². The van der Waals surface area contributed by atoms with Crippen molar-refractivity contribution in [1.29, 1.82) is 0 Å². The molecule has 0 aromatic heterocycles. The van der Waals surface area contributed by atoms with E-state index in [1.54, 1.807) is 0 Å². The maximum Gasteiger partial charge on any atom is 0.0469 e. The molecule has 1 aliphatic carbocycles. The highest BCUT2D eigenvalue weighted by atomic mass is 35.5. The molecule has 1 N–H and O–H groups in total. The minimum absolute atomic E-state index is 0.434. The number of ether oxygens (including phenoxy) is 1. The average Bonchev–Trinajstić information content (AvgIpc) is 2.30. The second-order valence-electron chi connectivity index (χ2n) is 5.34. The molecule has 1 aliphatic heterocycles. The van der Waals surface area contributed by atoms with Gasteiger partial charge in [-0.05, 0) is 57.0 Å². The Labute approximate surface area is 104 Å².